The van der Waals surface area contributed by atoms with Crippen molar-refractivity contribution in [1.82, 2.24) is 19.4 Å². The zero-order valence-corrected chi connectivity index (χ0v) is 27.4. The van der Waals surface area contributed by atoms with E-state index in [1.165, 1.54) is 9.13 Å². The predicted octanol–water partition coefficient (Wildman–Crippen LogP) is 4.59. The van der Waals surface area contributed by atoms with E-state index in [-0.39, 0.29) is 61.3 Å². The van der Waals surface area contributed by atoms with Crippen LogP contribution in [0, 0.1) is 19.3 Å². The molecular formula is C31H47CuN4O6. The van der Waals surface area contributed by atoms with Crippen molar-refractivity contribution in [3.05, 3.63) is 41.7 Å². The number of rotatable bonds is 3. The van der Waals surface area contributed by atoms with Crippen LogP contribution in [0.1, 0.15) is 85.8 Å². The average molecular weight is 635 g/mol. The zero-order valence-electron chi connectivity index (χ0n) is 26.4. The molecule has 3 heterocycles. The Balaban J connectivity index is 0.00000269. The van der Waals surface area contributed by atoms with Crippen molar-refractivity contribution in [2.24, 2.45) is 7.05 Å². The number of nitrogens with zero attached hydrogens (tertiary/aromatic N) is 3. The molecule has 1 aromatic heterocycles. The number of ether oxygens (including phenoxy) is 2. The van der Waals surface area contributed by atoms with Crippen LogP contribution in [-0.2, 0) is 43.2 Å². The van der Waals surface area contributed by atoms with Crippen molar-refractivity contribution in [3.8, 4) is 11.8 Å². The third kappa shape index (κ3) is 10.0. The van der Waals surface area contributed by atoms with E-state index in [0.717, 1.165) is 18.4 Å². The Morgan fingerprint density at radius 1 is 1.02 bits per heavy atom. The number of carbonyl (C=O) groups is 3. The second-order valence-electron chi connectivity index (χ2n) is 10.2. The molecule has 3 amide bonds. The van der Waals surface area contributed by atoms with Gasteiger partial charge in [-0.1, -0.05) is 39.5 Å². The number of nitrogens with one attached hydrogen (secondary N) is 1. The van der Waals surface area contributed by atoms with Crippen molar-refractivity contribution in [2.75, 3.05) is 19.7 Å². The monoisotopic (exact) mass is 634 g/mol. The van der Waals surface area contributed by atoms with Crippen molar-refractivity contribution >= 4 is 28.9 Å². The SMILES string of the molecule is CC.CC.Cn1c(=O)n(C2CCC(=O)NC2=O)c2ccc(C#CCOC3CCN(C(=O)OC(C)(C)C)CC3)cc21.[CH3-].[Cu+]. The van der Waals surface area contributed by atoms with Gasteiger partial charge in [-0.3, -0.25) is 24.0 Å². The summed E-state index contributed by atoms with van der Waals surface area (Å²) >= 11 is 0. The van der Waals surface area contributed by atoms with Crippen LogP contribution in [0.5, 0.6) is 0 Å². The van der Waals surface area contributed by atoms with Crippen molar-refractivity contribution in [3.63, 3.8) is 0 Å². The van der Waals surface area contributed by atoms with Gasteiger partial charge in [0.15, 0.2) is 0 Å². The quantitative estimate of drug-likeness (QED) is 0.229. The van der Waals surface area contributed by atoms with Crippen LogP contribution >= 0.6 is 0 Å². The maximum atomic E-state index is 12.9. The van der Waals surface area contributed by atoms with Gasteiger partial charge in [0.25, 0.3) is 0 Å². The predicted molar refractivity (Wildman–Crippen MR) is 161 cm³/mol. The first-order valence-electron chi connectivity index (χ1n) is 14.2. The Morgan fingerprint density at radius 2 is 1.64 bits per heavy atom. The Bertz CT molecular complexity index is 1310. The summed E-state index contributed by atoms with van der Waals surface area (Å²) < 4.78 is 14.2. The van der Waals surface area contributed by atoms with E-state index < -0.39 is 17.6 Å². The van der Waals surface area contributed by atoms with Crippen LogP contribution in [0.4, 0.5) is 4.79 Å². The number of hydrogen-bond donors (Lipinski definition) is 1. The van der Waals surface area contributed by atoms with Crippen LogP contribution in [0.2, 0.25) is 0 Å². The number of hydrogen-bond acceptors (Lipinski definition) is 6. The van der Waals surface area contributed by atoms with Gasteiger partial charge in [-0.15, -0.1) is 0 Å². The Morgan fingerprint density at radius 3 is 2.21 bits per heavy atom. The minimum absolute atomic E-state index is 0. The number of imide groups is 1. The average Bonchev–Trinajstić information content (AvgIpc) is 3.17. The molecule has 1 unspecified atom stereocenters. The Hall–Kier alpha value is -3.06. The zero-order chi connectivity index (χ0) is 30.0. The van der Waals surface area contributed by atoms with Gasteiger partial charge in [0.05, 0.1) is 17.1 Å². The maximum Gasteiger partial charge on any atom is 1.00 e. The molecule has 238 valence electrons. The van der Waals surface area contributed by atoms with Crippen LogP contribution < -0.4 is 11.0 Å². The summed E-state index contributed by atoms with van der Waals surface area (Å²) in [6.45, 7) is 15.0. The Kier molecular flexibility index (Phi) is 16.5. The van der Waals surface area contributed by atoms with Crippen molar-refractivity contribution in [1.29, 1.82) is 0 Å². The first-order valence-corrected chi connectivity index (χ1v) is 14.2. The molecule has 0 spiro atoms. The minimum Gasteiger partial charge on any atom is -0.444 e. The molecule has 2 aliphatic heterocycles. The molecular weight excluding hydrogens is 588 g/mol. The van der Waals surface area contributed by atoms with Crippen molar-refractivity contribution < 1.29 is 40.9 Å². The van der Waals surface area contributed by atoms with Gasteiger partial charge in [-0.2, -0.15) is 0 Å². The molecule has 0 bridgehead atoms. The van der Waals surface area contributed by atoms with Crippen LogP contribution in [0.3, 0.4) is 0 Å². The van der Waals surface area contributed by atoms with E-state index in [0.29, 0.717) is 30.5 Å². The standard InChI is InChI=1S/C26H32N4O6.2C2H6.CH3.Cu/c1-26(2,3)36-25(34)29-13-11-18(12-14-29)35-15-5-6-17-7-8-19-21(16-17)28(4)24(33)30(19)20-9-10-22(31)27-23(20)32;2*1-2;;/h7-8,16,18,20H,9-15H2,1-4H3,(H,27,31,32);2*1-2H3;1H3;/q;;;-1;+1. The normalized spacial score (nSPS) is 16.7. The number of fused-ring (bicyclic) bond motifs is 1. The van der Waals surface area contributed by atoms with E-state index >= 15 is 0 Å². The molecule has 2 aromatic rings. The molecule has 2 saturated heterocycles. The van der Waals surface area contributed by atoms with Crippen LogP contribution in [0.25, 0.3) is 11.0 Å². The molecule has 42 heavy (non-hydrogen) atoms. The molecule has 10 nitrogen and oxygen atoms in total. The summed E-state index contributed by atoms with van der Waals surface area (Å²) in [5.74, 6) is 5.31. The molecule has 0 radical (unpaired) electrons. The van der Waals surface area contributed by atoms with Gasteiger partial charge in [0.2, 0.25) is 11.8 Å². The summed E-state index contributed by atoms with van der Waals surface area (Å²) in [5.41, 5.74) is 1.18. The van der Waals surface area contributed by atoms with Crippen LogP contribution in [0.15, 0.2) is 23.0 Å². The summed E-state index contributed by atoms with van der Waals surface area (Å²) in [6.07, 6.45) is 1.68. The fourth-order valence-electron chi connectivity index (χ4n) is 4.50. The number of carbonyl (C=O) groups excluding carboxylic acids is 3. The number of piperidine rings is 2. The smallest absolute Gasteiger partial charge is 0.444 e. The number of amides is 3. The van der Waals surface area contributed by atoms with Gasteiger partial charge in [-0.05, 0) is 58.2 Å². The van der Waals surface area contributed by atoms with Gasteiger partial charge >= 0.3 is 28.9 Å². The number of aryl methyl sites for hydroxylation is 1. The molecule has 2 fully saturated rings. The van der Waals surface area contributed by atoms with Gasteiger partial charge in [0, 0.05) is 32.1 Å². The number of benzene rings is 1. The first kappa shape index (κ1) is 38.9. The Labute approximate surface area is 261 Å². The minimum atomic E-state index is -0.717. The summed E-state index contributed by atoms with van der Waals surface area (Å²) in [4.78, 5) is 50.6. The van der Waals surface area contributed by atoms with E-state index in [2.05, 4.69) is 17.2 Å². The van der Waals surface area contributed by atoms with E-state index in [9.17, 15) is 19.2 Å². The largest absolute Gasteiger partial charge is 1.00 e. The van der Waals surface area contributed by atoms with Gasteiger partial charge in [-0.25, -0.2) is 9.59 Å². The number of likely N-dealkylation sites (tertiary alicyclic amines) is 1. The van der Waals surface area contributed by atoms with E-state index in [1.54, 1.807) is 24.1 Å². The second kappa shape index (κ2) is 17.8. The molecule has 1 aromatic carbocycles. The summed E-state index contributed by atoms with van der Waals surface area (Å²) in [5, 5.41) is 2.31. The molecule has 0 saturated carbocycles. The maximum absolute atomic E-state index is 12.9. The number of imidazole rings is 1. The molecule has 0 aliphatic carbocycles. The van der Waals surface area contributed by atoms with Gasteiger partial charge in [0.1, 0.15) is 18.2 Å². The third-order valence-electron chi connectivity index (χ3n) is 6.33. The van der Waals surface area contributed by atoms with Crippen molar-refractivity contribution in [2.45, 2.75) is 91.9 Å². The molecule has 4 rings (SSSR count). The fraction of sp³-hybridized carbons (Fsp3) is 0.581. The molecule has 1 N–H and O–H groups in total. The van der Waals surface area contributed by atoms with Crippen LogP contribution in [-0.4, -0.2) is 63.3 Å². The molecule has 11 heteroatoms. The molecule has 1 atom stereocenters. The third-order valence-corrected chi connectivity index (χ3v) is 6.33. The number of aromatic nitrogens is 2. The summed E-state index contributed by atoms with van der Waals surface area (Å²) in [7, 11) is 1.65. The fourth-order valence-corrected chi connectivity index (χ4v) is 4.50. The first-order chi connectivity index (χ1) is 19.0. The second-order valence-corrected chi connectivity index (χ2v) is 10.2. The summed E-state index contributed by atoms with van der Waals surface area (Å²) in [6, 6.07) is 4.67. The van der Waals surface area contributed by atoms with E-state index in [1.807, 2.05) is 54.5 Å². The topological polar surface area (TPSA) is 112 Å². The van der Waals surface area contributed by atoms with Gasteiger partial charge < -0.3 is 21.8 Å². The van der Waals surface area contributed by atoms with E-state index in [4.69, 9.17) is 9.47 Å². The molecule has 2 aliphatic rings.